The van der Waals surface area contributed by atoms with E-state index in [1.807, 2.05) is 0 Å². The fourth-order valence-corrected chi connectivity index (χ4v) is 3.35. The average molecular weight is 295 g/mol. The minimum Gasteiger partial charge on any atom is -0.380 e. The molecule has 2 heteroatoms. The molecular formula is C20H25NO. The van der Waals surface area contributed by atoms with E-state index in [1.54, 1.807) is 0 Å². The van der Waals surface area contributed by atoms with E-state index in [1.165, 1.54) is 17.5 Å². The molecule has 1 aliphatic heterocycles. The van der Waals surface area contributed by atoms with E-state index in [0.29, 0.717) is 6.04 Å². The molecule has 0 aromatic heterocycles. The molecule has 1 atom stereocenters. The highest BCUT2D eigenvalue weighted by Gasteiger charge is 2.35. The Hall–Kier alpha value is -1.64. The zero-order valence-electron chi connectivity index (χ0n) is 13.5. The quantitative estimate of drug-likeness (QED) is 0.902. The Bertz CT molecular complexity index is 564. The topological polar surface area (TPSA) is 32.3 Å². The van der Waals surface area contributed by atoms with E-state index in [-0.39, 0.29) is 0 Å². The van der Waals surface area contributed by atoms with Crippen molar-refractivity contribution < 1.29 is 5.11 Å². The lowest BCUT2D eigenvalue weighted by Gasteiger charge is -2.32. The molecule has 22 heavy (non-hydrogen) atoms. The van der Waals surface area contributed by atoms with Gasteiger partial charge in [0.05, 0.1) is 0 Å². The van der Waals surface area contributed by atoms with Gasteiger partial charge in [-0.15, -0.1) is 0 Å². The SMILES string of the molecule is Cc1ccc(C(O)(C[C@@H]2CCCN2)c2ccc(C)cc2)cc1. The lowest BCUT2D eigenvalue weighted by Crippen LogP contribution is -2.36. The van der Waals surface area contributed by atoms with Gasteiger partial charge in [0.25, 0.3) is 0 Å². The molecule has 1 aliphatic rings. The summed E-state index contributed by atoms with van der Waals surface area (Å²) in [5, 5.41) is 15.1. The Balaban J connectivity index is 1.99. The van der Waals surface area contributed by atoms with Crippen LogP contribution in [0.2, 0.25) is 0 Å². The van der Waals surface area contributed by atoms with Crippen LogP contribution in [0.1, 0.15) is 41.5 Å². The molecule has 0 bridgehead atoms. The number of rotatable bonds is 4. The lowest BCUT2D eigenvalue weighted by molar-refractivity contribution is 0.0611. The van der Waals surface area contributed by atoms with E-state index >= 15 is 0 Å². The molecule has 0 saturated carbocycles. The molecule has 0 aliphatic carbocycles. The number of aryl methyl sites for hydroxylation is 2. The zero-order chi connectivity index (χ0) is 15.6. The lowest BCUT2D eigenvalue weighted by atomic mass is 9.80. The number of benzene rings is 2. The van der Waals surface area contributed by atoms with Crippen molar-refractivity contribution >= 4 is 0 Å². The van der Waals surface area contributed by atoms with Crippen molar-refractivity contribution in [3.05, 3.63) is 70.8 Å². The second-order valence-corrected chi connectivity index (χ2v) is 6.59. The van der Waals surface area contributed by atoms with Gasteiger partial charge in [0.1, 0.15) is 5.60 Å². The molecule has 1 heterocycles. The fraction of sp³-hybridized carbons (Fsp3) is 0.400. The van der Waals surface area contributed by atoms with E-state index in [2.05, 4.69) is 67.7 Å². The zero-order valence-corrected chi connectivity index (χ0v) is 13.5. The Morgan fingerprint density at radius 3 is 1.86 bits per heavy atom. The van der Waals surface area contributed by atoms with Crippen molar-refractivity contribution in [3.63, 3.8) is 0 Å². The van der Waals surface area contributed by atoms with Gasteiger partial charge in [-0.3, -0.25) is 0 Å². The van der Waals surface area contributed by atoms with Crippen LogP contribution in [0.3, 0.4) is 0 Å². The minimum absolute atomic E-state index is 0.382. The summed E-state index contributed by atoms with van der Waals surface area (Å²) < 4.78 is 0. The van der Waals surface area contributed by atoms with Crippen LogP contribution in [0.4, 0.5) is 0 Å². The van der Waals surface area contributed by atoms with Gasteiger partial charge < -0.3 is 10.4 Å². The van der Waals surface area contributed by atoms with Crippen LogP contribution in [0.25, 0.3) is 0 Å². The molecule has 0 amide bonds. The summed E-state index contributed by atoms with van der Waals surface area (Å²) in [5.41, 5.74) is 3.47. The summed E-state index contributed by atoms with van der Waals surface area (Å²) >= 11 is 0. The van der Waals surface area contributed by atoms with Crippen LogP contribution in [-0.2, 0) is 5.60 Å². The van der Waals surface area contributed by atoms with Crippen molar-refractivity contribution in [3.8, 4) is 0 Å². The number of aliphatic hydroxyl groups is 1. The van der Waals surface area contributed by atoms with Crippen molar-refractivity contribution in [2.75, 3.05) is 6.54 Å². The van der Waals surface area contributed by atoms with Gasteiger partial charge in [0, 0.05) is 6.04 Å². The summed E-state index contributed by atoms with van der Waals surface area (Å²) in [7, 11) is 0. The van der Waals surface area contributed by atoms with Gasteiger partial charge in [0.15, 0.2) is 0 Å². The van der Waals surface area contributed by atoms with Gasteiger partial charge in [-0.25, -0.2) is 0 Å². The first kappa shape index (κ1) is 15.3. The third-order valence-corrected chi connectivity index (χ3v) is 4.76. The van der Waals surface area contributed by atoms with Gasteiger partial charge in [-0.05, 0) is 50.8 Å². The molecule has 2 aromatic rings. The molecule has 2 nitrogen and oxygen atoms in total. The molecule has 0 unspecified atom stereocenters. The highest BCUT2D eigenvalue weighted by atomic mass is 16.3. The Kier molecular flexibility index (Phi) is 4.32. The second-order valence-electron chi connectivity index (χ2n) is 6.59. The summed E-state index contributed by atoms with van der Waals surface area (Å²) in [4.78, 5) is 0. The Morgan fingerprint density at radius 1 is 0.955 bits per heavy atom. The summed E-state index contributed by atoms with van der Waals surface area (Å²) in [5.74, 6) is 0. The maximum absolute atomic E-state index is 11.6. The van der Waals surface area contributed by atoms with Crippen LogP contribution < -0.4 is 5.32 Å². The Morgan fingerprint density at radius 2 is 1.45 bits per heavy atom. The maximum Gasteiger partial charge on any atom is 0.116 e. The molecule has 2 N–H and O–H groups in total. The second kappa shape index (κ2) is 6.23. The molecule has 2 aromatic carbocycles. The molecule has 3 rings (SSSR count). The van der Waals surface area contributed by atoms with Crippen LogP contribution in [-0.4, -0.2) is 17.7 Å². The van der Waals surface area contributed by atoms with Crippen LogP contribution in [0.15, 0.2) is 48.5 Å². The molecule has 0 radical (unpaired) electrons. The fourth-order valence-electron chi connectivity index (χ4n) is 3.35. The van der Waals surface area contributed by atoms with Gasteiger partial charge in [-0.1, -0.05) is 59.7 Å². The highest BCUT2D eigenvalue weighted by molar-refractivity contribution is 5.38. The average Bonchev–Trinajstić information content (AvgIpc) is 3.01. The highest BCUT2D eigenvalue weighted by Crippen LogP contribution is 2.36. The number of hydrogen-bond acceptors (Lipinski definition) is 2. The molecule has 0 spiro atoms. The summed E-state index contributed by atoms with van der Waals surface area (Å²) in [6.45, 7) is 5.21. The monoisotopic (exact) mass is 295 g/mol. The molecular weight excluding hydrogens is 270 g/mol. The Labute approximate surface area is 133 Å². The predicted molar refractivity (Wildman–Crippen MR) is 91.0 cm³/mol. The summed E-state index contributed by atoms with van der Waals surface area (Å²) in [6.07, 6.45) is 3.06. The first-order valence-electron chi connectivity index (χ1n) is 8.18. The molecule has 1 saturated heterocycles. The first-order valence-corrected chi connectivity index (χ1v) is 8.18. The number of hydrogen-bond donors (Lipinski definition) is 2. The smallest absolute Gasteiger partial charge is 0.116 e. The third kappa shape index (κ3) is 3.08. The van der Waals surface area contributed by atoms with E-state index in [9.17, 15) is 5.11 Å². The largest absolute Gasteiger partial charge is 0.380 e. The maximum atomic E-state index is 11.6. The third-order valence-electron chi connectivity index (χ3n) is 4.76. The molecule has 1 fully saturated rings. The van der Waals surface area contributed by atoms with E-state index in [0.717, 1.165) is 30.5 Å². The van der Waals surface area contributed by atoms with Crippen LogP contribution >= 0.6 is 0 Å². The van der Waals surface area contributed by atoms with E-state index < -0.39 is 5.60 Å². The predicted octanol–water partition coefficient (Wildman–Crippen LogP) is 3.68. The molecule has 116 valence electrons. The van der Waals surface area contributed by atoms with E-state index in [4.69, 9.17) is 0 Å². The van der Waals surface area contributed by atoms with Crippen LogP contribution in [0.5, 0.6) is 0 Å². The number of nitrogens with one attached hydrogen (secondary N) is 1. The van der Waals surface area contributed by atoms with Crippen molar-refractivity contribution in [1.29, 1.82) is 0 Å². The first-order chi connectivity index (χ1) is 10.6. The van der Waals surface area contributed by atoms with Gasteiger partial charge in [-0.2, -0.15) is 0 Å². The van der Waals surface area contributed by atoms with Gasteiger partial charge in [0.2, 0.25) is 0 Å². The van der Waals surface area contributed by atoms with Crippen molar-refractivity contribution in [1.82, 2.24) is 5.32 Å². The van der Waals surface area contributed by atoms with Crippen molar-refractivity contribution in [2.45, 2.75) is 44.8 Å². The summed E-state index contributed by atoms with van der Waals surface area (Å²) in [6, 6.07) is 16.9. The minimum atomic E-state index is -0.927. The van der Waals surface area contributed by atoms with Crippen molar-refractivity contribution in [2.24, 2.45) is 0 Å². The van der Waals surface area contributed by atoms with Crippen LogP contribution in [0, 0.1) is 13.8 Å². The standard InChI is InChI=1S/C20H25NO/c1-15-5-9-17(10-6-15)20(22,14-19-4-3-13-21-19)18-11-7-16(2)8-12-18/h5-12,19,21-22H,3-4,13-14H2,1-2H3/t19-/m0/s1. The van der Waals surface area contributed by atoms with Gasteiger partial charge >= 0.3 is 0 Å². The normalized spacial score (nSPS) is 18.6.